The lowest BCUT2D eigenvalue weighted by atomic mass is 9.83. The largest absolute Gasteiger partial charge is 0.372 e. The summed E-state index contributed by atoms with van der Waals surface area (Å²) in [5.74, 6) is 0.000230. The minimum Gasteiger partial charge on any atom is -0.372 e. The van der Waals surface area contributed by atoms with E-state index in [1.165, 1.54) is 12.8 Å². The molecule has 1 amide bonds. The Bertz CT molecular complexity index is 213. The number of hydrogen-bond acceptors (Lipinski definition) is 3. The Balaban J connectivity index is 2.14. The van der Waals surface area contributed by atoms with Gasteiger partial charge in [-0.3, -0.25) is 4.79 Å². The zero-order chi connectivity index (χ0) is 11.9. The Hall–Kier alpha value is -0.610. The first-order chi connectivity index (χ1) is 7.66. The summed E-state index contributed by atoms with van der Waals surface area (Å²) in [4.78, 5) is 11.4. The van der Waals surface area contributed by atoms with Crippen molar-refractivity contribution >= 4 is 5.91 Å². The predicted molar refractivity (Wildman–Crippen MR) is 64.3 cm³/mol. The Morgan fingerprint density at radius 1 is 1.56 bits per heavy atom. The van der Waals surface area contributed by atoms with Gasteiger partial charge in [-0.1, -0.05) is 13.8 Å². The van der Waals surface area contributed by atoms with Crippen LogP contribution in [0.1, 0.15) is 33.1 Å². The van der Waals surface area contributed by atoms with Gasteiger partial charge in [-0.15, -0.1) is 0 Å². The van der Waals surface area contributed by atoms with Gasteiger partial charge < -0.3 is 15.4 Å². The lowest BCUT2D eigenvalue weighted by Gasteiger charge is -2.34. The molecule has 1 unspecified atom stereocenters. The molecule has 1 rings (SSSR count). The van der Waals surface area contributed by atoms with Gasteiger partial charge in [-0.2, -0.15) is 0 Å². The van der Waals surface area contributed by atoms with Gasteiger partial charge >= 0.3 is 0 Å². The minimum atomic E-state index is 0.000230. The van der Waals surface area contributed by atoms with Crippen LogP contribution < -0.4 is 10.6 Å². The summed E-state index contributed by atoms with van der Waals surface area (Å²) in [6, 6.07) is 0. The Kier molecular flexibility index (Phi) is 5.77. The van der Waals surface area contributed by atoms with Crippen molar-refractivity contribution < 1.29 is 9.53 Å². The highest BCUT2D eigenvalue weighted by Crippen LogP contribution is 2.23. The third-order valence-electron chi connectivity index (χ3n) is 2.98. The average molecular weight is 228 g/mol. The quantitative estimate of drug-likeness (QED) is 0.665. The van der Waals surface area contributed by atoms with Crippen molar-refractivity contribution in [3.63, 3.8) is 0 Å². The molecular weight excluding hydrogens is 204 g/mol. The third kappa shape index (κ3) is 4.94. The molecule has 0 radical (unpaired) electrons. The molecular formula is C12H24N2O2. The third-order valence-corrected chi connectivity index (χ3v) is 2.98. The van der Waals surface area contributed by atoms with Crippen molar-refractivity contribution in [3.8, 4) is 0 Å². The number of nitrogens with one attached hydrogen (secondary N) is 2. The molecule has 1 heterocycles. The second-order valence-electron chi connectivity index (χ2n) is 4.92. The molecule has 4 heteroatoms. The molecule has 0 saturated carbocycles. The lowest BCUT2D eigenvalue weighted by molar-refractivity contribution is -0.126. The van der Waals surface area contributed by atoms with Crippen LogP contribution in [-0.4, -0.2) is 38.8 Å². The molecule has 1 aliphatic heterocycles. The highest BCUT2D eigenvalue weighted by Gasteiger charge is 2.26. The monoisotopic (exact) mass is 228 g/mol. The van der Waals surface area contributed by atoms with Crippen molar-refractivity contribution in [2.24, 2.45) is 5.41 Å². The number of piperidine rings is 1. The fraction of sp³-hybridized carbons (Fsp3) is 0.917. The normalized spacial score (nSPS) is 25.4. The summed E-state index contributed by atoms with van der Waals surface area (Å²) in [7, 11) is 0. The highest BCUT2D eigenvalue weighted by molar-refractivity contribution is 5.77. The molecule has 1 saturated heterocycles. The Labute approximate surface area is 98.1 Å². The van der Waals surface area contributed by atoms with Crippen LogP contribution in [0.3, 0.4) is 0 Å². The molecule has 0 spiro atoms. The number of ether oxygens (including phenoxy) is 1. The summed E-state index contributed by atoms with van der Waals surface area (Å²) < 4.78 is 5.19. The van der Waals surface area contributed by atoms with Crippen molar-refractivity contribution in [1.29, 1.82) is 0 Å². The molecule has 2 N–H and O–H groups in total. The smallest absolute Gasteiger partial charge is 0.246 e. The van der Waals surface area contributed by atoms with Crippen molar-refractivity contribution in [2.75, 3.05) is 32.8 Å². The van der Waals surface area contributed by atoms with Crippen molar-refractivity contribution in [1.82, 2.24) is 10.6 Å². The van der Waals surface area contributed by atoms with Crippen molar-refractivity contribution in [2.45, 2.75) is 33.1 Å². The SMILES string of the molecule is CCCOCC(=O)NCC1(C)CCCNC1. The van der Waals surface area contributed by atoms with E-state index in [4.69, 9.17) is 4.74 Å². The molecule has 1 fully saturated rings. The second kappa shape index (κ2) is 6.86. The minimum absolute atomic E-state index is 0.000230. The molecule has 0 aromatic heterocycles. The summed E-state index contributed by atoms with van der Waals surface area (Å²) in [5.41, 5.74) is 0.207. The van der Waals surface area contributed by atoms with E-state index < -0.39 is 0 Å². The fourth-order valence-corrected chi connectivity index (χ4v) is 1.94. The summed E-state index contributed by atoms with van der Waals surface area (Å²) in [6.07, 6.45) is 3.32. The zero-order valence-corrected chi connectivity index (χ0v) is 10.5. The van der Waals surface area contributed by atoms with E-state index in [-0.39, 0.29) is 17.9 Å². The number of carbonyl (C=O) groups excluding carboxylic acids is 1. The first-order valence-electron chi connectivity index (χ1n) is 6.21. The molecule has 0 aromatic rings. The maximum atomic E-state index is 11.4. The number of carbonyl (C=O) groups is 1. The van der Waals surface area contributed by atoms with Crippen LogP contribution >= 0.6 is 0 Å². The zero-order valence-electron chi connectivity index (χ0n) is 10.5. The van der Waals surface area contributed by atoms with Crippen LogP contribution in [0.4, 0.5) is 0 Å². The lowest BCUT2D eigenvalue weighted by Crippen LogP contribution is -2.46. The van der Waals surface area contributed by atoms with Gasteiger partial charge in [0.05, 0.1) is 0 Å². The predicted octanol–water partition coefficient (Wildman–Crippen LogP) is 0.919. The molecule has 4 nitrogen and oxygen atoms in total. The Morgan fingerprint density at radius 3 is 3.00 bits per heavy atom. The molecule has 1 atom stereocenters. The number of rotatable bonds is 6. The molecule has 1 aliphatic rings. The van der Waals surface area contributed by atoms with Gasteiger partial charge in [0.2, 0.25) is 5.91 Å². The van der Waals surface area contributed by atoms with E-state index in [1.54, 1.807) is 0 Å². The van der Waals surface area contributed by atoms with Gasteiger partial charge in [0, 0.05) is 19.7 Å². The van der Waals surface area contributed by atoms with Crippen LogP contribution in [0.15, 0.2) is 0 Å². The average Bonchev–Trinajstić information content (AvgIpc) is 2.28. The fourth-order valence-electron chi connectivity index (χ4n) is 1.94. The maximum absolute atomic E-state index is 11.4. The van der Waals surface area contributed by atoms with E-state index in [1.807, 2.05) is 6.92 Å². The van der Waals surface area contributed by atoms with Gasteiger partial charge in [0.1, 0.15) is 6.61 Å². The number of amides is 1. The van der Waals surface area contributed by atoms with E-state index >= 15 is 0 Å². The second-order valence-corrected chi connectivity index (χ2v) is 4.92. The first kappa shape index (κ1) is 13.5. The van der Waals surface area contributed by atoms with E-state index in [0.717, 1.165) is 26.1 Å². The van der Waals surface area contributed by atoms with Crippen molar-refractivity contribution in [3.05, 3.63) is 0 Å². The van der Waals surface area contributed by atoms with E-state index in [0.29, 0.717) is 6.61 Å². The highest BCUT2D eigenvalue weighted by atomic mass is 16.5. The summed E-state index contributed by atoms with van der Waals surface area (Å²) in [5, 5.41) is 6.32. The van der Waals surface area contributed by atoms with Gasteiger partial charge in [0.15, 0.2) is 0 Å². The van der Waals surface area contributed by atoms with Crippen LogP contribution in [0.25, 0.3) is 0 Å². The van der Waals surface area contributed by atoms with Crippen LogP contribution in [0.5, 0.6) is 0 Å². The topological polar surface area (TPSA) is 50.4 Å². The van der Waals surface area contributed by atoms with Crippen LogP contribution in [-0.2, 0) is 9.53 Å². The van der Waals surface area contributed by atoms with Gasteiger partial charge in [-0.25, -0.2) is 0 Å². The van der Waals surface area contributed by atoms with Gasteiger partial charge in [-0.05, 0) is 31.2 Å². The maximum Gasteiger partial charge on any atom is 0.246 e. The first-order valence-corrected chi connectivity index (χ1v) is 6.21. The molecule has 16 heavy (non-hydrogen) atoms. The van der Waals surface area contributed by atoms with Crippen LogP contribution in [0.2, 0.25) is 0 Å². The summed E-state index contributed by atoms with van der Waals surface area (Å²) >= 11 is 0. The Morgan fingerprint density at radius 2 is 2.38 bits per heavy atom. The van der Waals surface area contributed by atoms with Gasteiger partial charge in [0.25, 0.3) is 0 Å². The summed E-state index contributed by atoms with van der Waals surface area (Å²) in [6.45, 7) is 7.93. The van der Waals surface area contributed by atoms with E-state index in [9.17, 15) is 4.79 Å². The van der Waals surface area contributed by atoms with Crippen LogP contribution in [0, 0.1) is 5.41 Å². The molecule has 94 valence electrons. The molecule has 0 aromatic carbocycles. The molecule has 0 aliphatic carbocycles. The molecule has 0 bridgehead atoms. The number of hydrogen-bond donors (Lipinski definition) is 2. The standard InChI is InChI=1S/C12H24N2O2/c1-3-7-16-8-11(15)14-10-12(2)5-4-6-13-9-12/h13H,3-10H2,1-2H3,(H,14,15). The van der Waals surface area contributed by atoms with E-state index in [2.05, 4.69) is 17.6 Å².